The fourth-order valence-corrected chi connectivity index (χ4v) is 3.08. The van der Waals surface area contributed by atoms with Gasteiger partial charge in [-0.15, -0.1) is 0 Å². The molecule has 0 aliphatic carbocycles. The Balaban J connectivity index is 2.06. The van der Waals surface area contributed by atoms with Crippen LogP contribution in [0.1, 0.15) is 32.1 Å². The van der Waals surface area contributed by atoms with Crippen LogP contribution in [0, 0.1) is 10.1 Å². The standard InChI is InChI=1S/C16H19N3O2/c20-19(21)16-7-6-15(13-8-9-17-12-14(13)16)18-10-4-2-1-3-5-11-18/h6-9,12H,1-5,10-11H2. The van der Waals surface area contributed by atoms with Crippen LogP contribution in [-0.2, 0) is 0 Å². The Morgan fingerprint density at radius 1 is 1.00 bits per heavy atom. The van der Waals surface area contributed by atoms with Gasteiger partial charge in [0.25, 0.3) is 5.69 Å². The summed E-state index contributed by atoms with van der Waals surface area (Å²) >= 11 is 0. The number of hydrogen-bond donors (Lipinski definition) is 0. The van der Waals surface area contributed by atoms with Gasteiger partial charge in [0.1, 0.15) is 0 Å². The summed E-state index contributed by atoms with van der Waals surface area (Å²) in [6, 6.07) is 5.39. The minimum atomic E-state index is -0.332. The van der Waals surface area contributed by atoms with Gasteiger partial charge >= 0.3 is 0 Å². The molecule has 0 unspecified atom stereocenters. The molecule has 0 radical (unpaired) electrons. The van der Waals surface area contributed by atoms with Gasteiger partial charge in [0.05, 0.1) is 10.3 Å². The maximum absolute atomic E-state index is 11.2. The number of fused-ring (bicyclic) bond motifs is 1. The fraction of sp³-hybridized carbons (Fsp3) is 0.438. The Bertz CT molecular complexity index is 649. The molecule has 1 aromatic heterocycles. The Morgan fingerprint density at radius 3 is 2.43 bits per heavy atom. The molecule has 1 aliphatic heterocycles. The summed E-state index contributed by atoms with van der Waals surface area (Å²) in [6.45, 7) is 2.05. The molecule has 0 amide bonds. The van der Waals surface area contributed by atoms with E-state index in [-0.39, 0.29) is 10.6 Å². The lowest BCUT2D eigenvalue weighted by atomic mass is 10.0. The molecule has 0 atom stereocenters. The average Bonchev–Trinajstić information content (AvgIpc) is 2.46. The highest BCUT2D eigenvalue weighted by Crippen LogP contribution is 2.33. The number of anilines is 1. The van der Waals surface area contributed by atoms with E-state index in [4.69, 9.17) is 0 Å². The van der Waals surface area contributed by atoms with Crippen LogP contribution >= 0.6 is 0 Å². The van der Waals surface area contributed by atoms with Gasteiger partial charge in [-0.3, -0.25) is 15.1 Å². The molecule has 2 heterocycles. The van der Waals surface area contributed by atoms with Gasteiger partial charge in [-0.1, -0.05) is 19.3 Å². The van der Waals surface area contributed by atoms with Crippen molar-refractivity contribution in [2.75, 3.05) is 18.0 Å². The monoisotopic (exact) mass is 285 g/mol. The molecule has 2 aromatic rings. The predicted molar refractivity (Wildman–Crippen MR) is 83.7 cm³/mol. The van der Waals surface area contributed by atoms with E-state index in [0.717, 1.165) is 24.2 Å². The lowest BCUT2D eigenvalue weighted by Crippen LogP contribution is -2.27. The summed E-state index contributed by atoms with van der Waals surface area (Å²) in [5.41, 5.74) is 1.23. The van der Waals surface area contributed by atoms with Crippen molar-refractivity contribution in [3.63, 3.8) is 0 Å². The summed E-state index contributed by atoms with van der Waals surface area (Å²) in [5, 5.41) is 12.7. The summed E-state index contributed by atoms with van der Waals surface area (Å²) in [5.74, 6) is 0. The molecule has 21 heavy (non-hydrogen) atoms. The molecule has 110 valence electrons. The van der Waals surface area contributed by atoms with Crippen LogP contribution in [0.5, 0.6) is 0 Å². The van der Waals surface area contributed by atoms with Gasteiger partial charge in [-0.25, -0.2) is 0 Å². The topological polar surface area (TPSA) is 59.3 Å². The molecule has 1 saturated heterocycles. The molecular formula is C16H19N3O2. The fourth-order valence-electron chi connectivity index (χ4n) is 3.08. The molecule has 5 nitrogen and oxygen atoms in total. The van der Waals surface area contributed by atoms with Gasteiger partial charge in [0, 0.05) is 42.6 Å². The second kappa shape index (κ2) is 6.08. The summed E-state index contributed by atoms with van der Waals surface area (Å²) in [4.78, 5) is 17.3. The van der Waals surface area contributed by atoms with Gasteiger partial charge in [-0.2, -0.15) is 0 Å². The average molecular weight is 285 g/mol. The quantitative estimate of drug-likeness (QED) is 0.620. The third-order valence-electron chi connectivity index (χ3n) is 4.17. The number of nitro benzene ring substituents is 1. The number of aromatic nitrogens is 1. The first kappa shape index (κ1) is 13.8. The van der Waals surface area contributed by atoms with Crippen LogP contribution in [0.2, 0.25) is 0 Å². The summed E-state index contributed by atoms with van der Waals surface area (Å²) in [6.07, 6.45) is 9.53. The largest absolute Gasteiger partial charge is 0.371 e. The van der Waals surface area contributed by atoms with Crippen molar-refractivity contribution in [3.05, 3.63) is 40.7 Å². The molecule has 0 saturated carbocycles. The highest BCUT2D eigenvalue weighted by atomic mass is 16.6. The molecule has 1 aliphatic rings. The van der Waals surface area contributed by atoms with E-state index in [9.17, 15) is 10.1 Å². The van der Waals surface area contributed by atoms with Crippen molar-refractivity contribution < 1.29 is 4.92 Å². The van der Waals surface area contributed by atoms with Gasteiger partial charge in [0.2, 0.25) is 0 Å². The molecule has 1 aromatic carbocycles. The normalized spacial score (nSPS) is 16.5. The SMILES string of the molecule is O=[N+]([O-])c1ccc(N2CCCCCCC2)c2ccncc12. The highest BCUT2D eigenvalue weighted by Gasteiger charge is 2.18. The molecule has 3 rings (SSSR count). The smallest absolute Gasteiger partial charge is 0.278 e. The van der Waals surface area contributed by atoms with E-state index in [1.165, 1.54) is 32.1 Å². The van der Waals surface area contributed by atoms with Crippen molar-refractivity contribution in [3.8, 4) is 0 Å². The van der Waals surface area contributed by atoms with Crippen molar-refractivity contribution in [1.82, 2.24) is 4.98 Å². The summed E-state index contributed by atoms with van der Waals surface area (Å²) in [7, 11) is 0. The molecular weight excluding hydrogens is 266 g/mol. The van der Waals surface area contributed by atoms with Crippen LogP contribution in [0.15, 0.2) is 30.6 Å². The highest BCUT2D eigenvalue weighted by molar-refractivity contribution is 5.99. The van der Waals surface area contributed by atoms with Gasteiger partial charge in [-0.05, 0) is 25.0 Å². The molecule has 0 N–H and O–H groups in total. The van der Waals surface area contributed by atoms with Crippen LogP contribution < -0.4 is 4.90 Å². The van der Waals surface area contributed by atoms with E-state index >= 15 is 0 Å². The third kappa shape index (κ3) is 2.82. The number of non-ortho nitro benzene ring substituents is 1. The number of rotatable bonds is 2. The van der Waals surface area contributed by atoms with E-state index in [1.807, 2.05) is 12.1 Å². The number of benzene rings is 1. The minimum absolute atomic E-state index is 0.133. The summed E-state index contributed by atoms with van der Waals surface area (Å²) < 4.78 is 0. The van der Waals surface area contributed by atoms with Crippen LogP contribution in [0.25, 0.3) is 10.8 Å². The van der Waals surface area contributed by atoms with E-state index < -0.39 is 0 Å². The molecule has 0 spiro atoms. The van der Waals surface area contributed by atoms with Crippen molar-refractivity contribution in [2.45, 2.75) is 32.1 Å². The van der Waals surface area contributed by atoms with E-state index in [1.54, 1.807) is 18.5 Å². The first-order valence-corrected chi connectivity index (χ1v) is 7.53. The molecule has 1 fully saturated rings. The lowest BCUT2D eigenvalue weighted by molar-refractivity contribution is -0.383. The van der Waals surface area contributed by atoms with Crippen LogP contribution in [-0.4, -0.2) is 23.0 Å². The second-order valence-electron chi connectivity index (χ2n) is 5.54. The Kier molecular flexibility index (Phi) is 3.99. The number of pyridine rings is 1. The maximum Gasteiger partial charge on any atom is 0.278 e. The Labute approximate surface area is 123 Å². The first-order valence-electron chi connectivity index (χ1n) is 7.53. The number of nitrogens with zero attached hydrogens (tertiary/aromatic N) is 3. The predicted octanol–water partition coefficient (Wildman–Crippen LogP) is 3.91. The zero-order valence-corrected chi connectivity index (χ0v) is 12.0. The van der Waals surface area contributed by atoms with Gasteiger partial charge < -0.3 is 4.90 Å². The van der Waals surface area contributed by atoms with E-state index in [0.29, 0.717) is 5.39 Å². The second-order valence-corrected chi connectivity index (χ2v) is 5.54. The minimum Gasteiger partial charge on any atom is -0.371 e. The lowest BCUT2D eigenvalue weighted by Gasteiger charge is -2.28. The zero-order chi connectivity index (χ0) is 14.7. The Hall–Kier alpha value is -2.17. The molecule has 0 bridgehead atoms. The third-order valence-corrected chi connectivity index (χ3v) is 4.17. The van der Waals surface area contributed by atoms with Crippen LogP contribution in [0.3, 0.4) is 0 Å². The number of hydrogen-bond acceptors (Lipinski definition) is 4. The van der Waals surface area contributed by atoms with Crippen molar-refractivity contribution in [1.29, 1.82) is 0 Å². The van der Waals surface area contributed by atoms with Gasteiger partial charge in [0.15, 0.2) is 0 Å². The van der Waals surface area contributed by atoms with Crippen molar-refractivity contribution >= 4 is 22.1 Å². The molecule has 5 heteroatoms. The van der Waals surface area contributed by atoms with Crippen LogP contribution in [0.4, 0.5) is 11.4 Å². The Morgan fingerprint density at radius 2 is 1.71 bits per heavy atom. The van der Waals surface area contributed by atoms with E-state index in [2.05, 4.69) is 9.88 Å². The zero-order valence-electron chi connectivity index (χ0n) is 12.0. The van der Waals surface area contributed by atoms with Crippen molar-refractivity contribution in [2.24, 2.45) is 0 Å². The number of nitro groups is 1. The first-order chi connectivity index (χ1) is 10.3. The maximum atomic E-state index is 11.2.